The molecule has 12 aromatic rings. The van der Waals surface area contributed by atoms with Gasteiger partial charge < -0.3 is 80.2 Å². The maximum Gasteiger partial charge on any atom is 0.283 e. The van der Waals surface area contributed by atoms with E-state index in [0.717, 1.165) is 122 Å². The molecule has 3 atom stereocenters. The molecule has 546 valence electrons. The minimum atomic E-state index is -0.631. The fraction of sp³-hybridized carbons (Fsp3) is 0.392. The Labute approximate surface area is 606 Å². The monoisotopic (exact) mass is 1440 g/mol. The van der Waals surface area contributed by atoms with Gasteiger partial charge in [0.1, 0.15) is 89.4 Å². The van der Waals surface area contributed by atoms with Crippen molar-refractivity contribution in [3.05, 3.63) is 184 Å². The second-order valence-corrected chi connectivity index (χ2v) is 27.4. The van der Waals surface area contributed by atoms with E-state index in [2.05, 4.69) is 58.3 Å². The Bertz CT molecular complexity index is 4790. The molecule has 6 aromatic carbocycles. The third kappa shape index (κ3) is 17.7. The number of aliphatic hydroxyl groups is 3. The van der Waals surface area contributed by atoms with Crippen molar-refractivity contribution in [3.8, 4) is 63.7 Å². The van der Waals surface area contributed by atoms with Crippen LogP contribution >= 0.6 is 11.6 Å². The van der Waals surface area contributed by atoms with Crippen LogP contribution < -0.4 is 23.7 Å². The van der Waals surface area contributed by atoms with Crippen LogP contribution in [0.5, 0.6) is 28.7 Å². The van der Waals surface area contributed by atoms with Crippen molar-refractivity contribution in [2.75, 3.05) is 92.9 Å². The van der Waals surface area contributed by atoms with E-state index in [9.17, 15) is 19.7 Å². The molecule has 3 aliphatic rings. The quantitative estimate of drug-likeness (QED) is 0.0537. The van der Waals surface area contributed by atoms with E-state index in [0.29, 0.717) is 130 Å². The normalized spacial score (nSPS) is 16.1. The van der Waals surface area contributed by atoms with Crippen LogP contribution in [0.2, 0.25) is 5.02 Å². The maximum atomic E-state index is 13.9. The van der Waals surface area contributed by atoms with Gasteiger partial charge in [-0.25, -0.2) is 4.39 Å². The molecular weight excluding hydrogens is 1350 g/mol. The number of furan rings is 3. The predicted octanol–water partition coefficient (Wildman–Crippen LogP) is 14.7. The molecule has 0 radical (unpaired) electrons. The van der Waals surface area contributed by atoms with Crippen LogP contribution in [0.3, 0.4) is 0 Å². The van der Waals surface area contributed by atoms with Crippen LogP contribution in [0, 0.1) is 40.4 Å². The summed E-state index contributed by atoms with van der Waals surface area (Å²) in [4.78, 5) is 6.83. The third-order valence-electron chi connectivity index (χ3n) is 19.5. The maximum absolute atomic E-state index is 13.9. The summed E-state index contributed by atoms with van der Waals surface area (Å²) in [5, 5.41) is 58.7. The molecule has 0 saturated carbocycles. The average Bonchev–Trinajstić information content (AvgIpc) is 1.67. The van der Waals surface area contributed by atoms with E-state index in [-0.39, 0.29) is 25.6 Å². The second kappa shape index (κ2) is 33.4. The van der Waals surface area contributed by atoms with Gasteiger partial charge >= 0.3 is 0 Å². The predicted molar refractivity (Wildman–Crippen MR) is 389 cm³/mol. The Balaban J connectivity index is 0.000000139. The number of hydrogen-bond acceptors (Lipinski definition) is 23. The first-order valence-corrected chi connectivity index (χ1v) is 35.7. The lowest BCUT2D eigenvalue weighted by Crippen LogP contribution is -2.40. The van der Waals surface area contributed by atoms with E-state index in [1.165, 1.54) is 11.1 Å². The Hall–Kier alpha value is -9.66. The molecule has 0 aliphatic carbocycles. The number of hydrogen-bond donors (Lipinski definition) is 3. The van der Waals surface area contributed by atoms with Crippen molar-refractivity contribution in [3.63, 3.8) is 0 Å². The molecule has 0 spiro atoms. The van der Waals surface area contributed by atoms with Crippen LogP contribution in [-0.4, -0.2) is 172 Å². The second-order valence-electron chi connectivity index (χ2n) is 26.9. The molecule has 0 amide bonds. The number of methoxy groups -OCH3 is 2. The lowest BCUT2D eigenvalue weighted by Gasteiger charge is -2.34. The van der Waals surface area contributed by atoms with Crippen LogP contribution in [0.4, 0.5) is 4.39 Å². The van der Waals surface area contributed by atoms with E-state index in [1.807, 2.05) is 115 Å². The van der Waals surface area contributed by atoms with Crippen LogP contribution in [0.25, 0.3) is 67.9 Å². The number of likely N-dealkylation sites (tertiary alicyclic amines) is 3. The van der Waals surface area contributed by atoms with Crippen LogP contribution in [0.15, 0.2) is 154 Å². The highest BCUT2D eigenvalue weighted by molar-refractivity contribution is 6.30. The number of ether oxygens (including phenoxy) is 5. The van der Waals surface area contributed by atoms with Gasteiger partial charge in [0.15, 0.2) is 17.3 Å². The van der Waals surface area contributed by atoms with Crippen molar-refractivity contribution in [1.29, 1.82) is 0 Å². The van der Waals surface area contributed by atoms with Gasteiger partial charge in [-0.15, -0.1) is 30.6 Å². The molecule has 3 fully saturated rings. The topological polar surface area (TPSA) is 273 Å². The van der Waals surface area contributed by atoms with E-state index in [4.69, 9.17) is 61.8 Å². The van der Waals surface area contributed by atoms with Gasteiger partial charge in [-0.05, 0) is 198 Å². The van der Waals surface area contributed by atoms with Crippen LogP contribution in [0.1, 0.15) is 102 Å². The number of halogens is 2. The number of benzene rings is 6. The average molecular weight is 1440 g/mol. The minimum Gasteiger partial charge on any atom is -0.496 e. The Morgan fingerprint density at radius 3 is 1.17 bits per heavy atom. The molecule has 23 nitrogen and oxygen atoms in total. The lowest BCUT2D eigenvalue weighted by molar-refractivity contribution is 0.0596. The van der Waals surface area contributed by atoms with Crippen molar-refractivity contribution < 1.29 is 69.9 Å². The highest BCUT2D eigenvalue weighted by Crippen LogP contribution is 2.42. The molecule has 25 heteroatoms. The smallest absolute Gasteiger partial charge is 0.283 e. The molecule has 15 rings (SSSR count). The highest BCUT2D eigenvalue weighted by atomic mass is 35.5. The van der Waals surface area contributed by atoms with E-state index < -0.39 is 18.3 Å². The van der Waals surface area contributed by atoms with Gasteiger partial charge in [-0.3, -0.25) is 0 Å². The summed E-state index contributed by atoms with van der Waals surface area (Å²) in [6.07, 6.45) is 4.13. The van der Waals surface area contributed by atoms with E-state index >= 15 is 0 Å². The zero-order chi connectivity index (χ0) is 72.4. The number of fused-ring (bicyclic) bond motifs is 3. The first-order chi connectivity index (χ1) is 50.5. The largest absolute Gasteiger partial charge is 0.496 e. The Morgan fingerprint density at radius 2 is 0.808 bits per heavy atom. The van der Waals surface area contributed by atoms with Gasteiger partial charge in [-0.1, -0.05) is 54.1 Å². The minimum absolute atomic E-state index is 0.139. The van der Waals surface area contributed by atoms with Gasteiger partial charge in [0.05, 0.1) is 30.4 Å². The molecule has 3 unspecified atom stereocenters. The summed E-state index contributed by atoms with van der Waals surface area (Å²) in [5.74, 6) is 8.59. The number of aryl methyl sites for hydroxylation is 5. The fourth-order valence-corrected chi connectivity index (χ4v) is 14.3. The standard InChI is InChI=1S/C27H31N3O6.C26H28ClN3O4.C26H28FN3O4/c1-17-28-29-27(35-17)25-14-20-21(6-4-7-22(20)36-25)34-16-19(31)15-30-12-10-18(11-13-30)26-23(32-2)8-5-9-24(26)33-3;1-16-12-19(27)6-7-21(16)18-8-10-30(11-9-18)14-20(31)15-32-23-4-3-5-24-22(23)13-25(34-24)26-29-28-17(2)33-26;1-16-6-7-19(12-22(16)27)18-8-10-30(11-9-18)14-20(31)15-32-23-4-3-5-24-21(23)13-25(34-24)26-29-28-17(2)33-26/h4-9,14,18-19,31H,10-13,15-16H2,1-3H3;2*3-7,12-13,18,20,31H,8-11,14-15H2,1-2H3. The van der Waals surface area contributed by atoms with Gasteiger partial charge in [0, 0.05) is 69.2 Å². The molecular formula is C79H87ClFN9O14. The summed E-state index contributed by atoms with van der Waals surface area (Å²) >= 11 is 6.11. The molecule has 9 heterocycles. The van der Waals surface area contributed by atoms with Crippen molar-refractivity contribution in [1.82, 2.24) is 45.3 Å². The van der Waals surface area contributed by atoms with Crippen molar-refractivity contribution in [2.45, 2.75) is 109 Å². The molecule has 3 saturated heterocycles. The molecule has 3 aliphatic heterocycles. The summed E-state index contributed by atoms with van der Waals surface area (Å²) < 4.78 is 76.9. The van der Waals surface area contributed by atoms with E-state index in [1.54, 1.807) is 48.0 Å². The number of β-amino-alcohol motifs (C(OH)–C–C–N with tert-alkyl or cyclic N) is 3. The molecule has 0 bridgehead atoms. The molecule has 6 aromatic heterocycles. The van der Waals surface area contributed by atoms with Gasteiger partial charge in [0.25, 0.3) is 17.7 Å². The summed E-state index contributed by atoms with van der Waals surface area (Å²) in [5.41, 5.74) is 7.48. The zero-order valence-corrected chi connectivity index (χ0v) is 60.2. The number of piperidine rings is 3. The first kappa shape index (κ1) is 72.7. The van der Waals surface area contributed by atoms with Crippen molar-refractivity contribution in [2.24, 2.45) is 0 Å². The highest BCUT2D eigenvalue weighted by Gasteiger charge is 2.30. The van der Waals surface area contributed by atoms with Crippen LogP contribution in [-0.2, 0) is 0 Å². The zero-order valence-electron chi connectivity index (χ0n) is 59.4. The summed E-state index contributed by atoms with van der Waals surface area (Å²) in [7, 11) is 3.39. The van der Waals surface area contributed by atoms with Crippen molar-refractivity contribution >= 4 is 44.5 Å². The fourth-order valence-electron chi connectivity index (χ4n) is 14.1. The number of rotatable bonds is 23. The molecule has 3 N–H and O–H groups in total. The summed E-state index contributed by atoms with van der Waals surface area (Å²) in [6, 6.07) is 39.8. The lowest BCUT2D eigenvalue weighted by atomic mass is 9.87. The Kier molecular flexibility index (Phi) is 23.4. The number of aromatic nitrogens is 6. The molecule has 104 heavy (non-hydrogen) atoms. The van der Waals surface area contributed by atoms with Gasteiger partial charge in [0.2, 0.25) is 17.7 Å². The number of nitrogens with zero attached hydrogens (tertiary/aromatic N) is 9. The first-order valence-electron chi connectivity index (χ1n) is 35.3. The van der Waals surface area contributed by atoms with Gasteiger partial charge in [-0.2, -0.15) is 0 Å². The SMILES string of the molecule is COc1cccc(OC)c1C1CCN(CC(O)COc2cccc3oc(-c4nnc(C)o4)cc23)CC1.Cc1nnc(-c2cc3c(OCC(O)CN4CCC(c5ccc(C)c(F)c5)CC4)cccc3o2)o1.Cc1nnc(-c2cc3c(OCC(O)CN4CCC(c5ccc(Cl)cc5C)CC4)cccc3o2)o1. The Morgan fingerprint density at radius 1 is 0.433 bits per heavy atom. The number of aliphatic hydroxyl groups excluding tert-OH is 3. The summed E-state index contributed by atoms with van der Waals surface area (Å²) in [6.45, 7) is 16.7. The third-order valence-corrected chi connectivity index (χ3v) is 19.7.